The van der Waals surface area contributed by atoms with Gasteiger partial charge in [0.2, 0.25) is 0 Å². The van der Waals surface area contributed by atoms with Gasteiger partial charge in [-0.1, -0.05) is 11.6 Å². The summed E-state index contributed by atoms with van der Waals surface area (Å²) in [5.41, 5.74) is 0.903. The number of carbonyl (C=O) groups is 1. The van der Waals surface area contributed by atoms with Crippen LogP contribution in [0.2, 0.25) is 5.02 Å². The van der Waals surface area contributed by atoms with E-state index in [2.05, 4.69) is 0 Å². The molecule has 0 aromatic heterocycles. The first kappa shape index (κ1) is 11.9. The zero-order valence-corrected chi connectivity index (χ0v) is 9.41. The standard InChI is InChI=1S/C11H13ClO3/c1-7-5-9(12)3-4-10(7)15-8(2)6-11(13)14/h3-5,8H,6H2,1-2H3,(H,13,14)/t8-/m1/s1. The quantitative estimate of drug-likeness (QED) is 0.862. The number of halogens is 1. The molecule has 82 valence electrons. The molecule has 0 radical (unpaired) electrons. The third kappa shape index (κ3) is 3.80. The first-order chi connectivity index (χ1) is 6.99. The molecule has 0 amide bonds. The van der Waals surface area contributed by atoms with Crippen LogP contribution >= 0.6 is 11.6 Å². The van der Waals surface area contributed by atoms with Crippen LogP contribution < -0.4 is 4.74 Å². The minimum Gasteiger partial charge on any atom is -0.490 e. The summed E-state index contributed by atoms with van der Waals surface area (Å²) in [5.74, 6) is -0.192. The van der Waals surface area contributed by atoms with E-state index in [0.717, 1.165) is 5.56 Å². The summed E-state index contributed by atoms with van der Waals surface area (Å²) >= 11 is 5.79. The molecule has 1 aromatic carbocycles. The van der Waals surface area contributed by atoms with Crippen LogP contribution in [-0.2, 0) is 4.79 Å². The predicted molar refractivity (Wildman–Crippen MR) is 58.5 cm³/mol. The average Bonchev–Trinajstić information content (AvgIpc) is 2.08. The van der Waals surface area contributed by atoms with Gasteiger partial charge in [-0.3, -0.25) is 4.79 Å². The van der Waals surface area contributed by atoms with Crippen LogP contribution in [0.25, 0.3) is 0 Å². The number of carboxylic acid groups (broad SMARTS) is 1. The molecule has 0 saturated carbocycles. The van der Waals surface area contributed by atoms with Crippen LogP contribution in [0, 0.1) is 6.92 Å². The van der Waals surface area contributed by atoms with Crippen molar-refractivity contribution in [3.05, 3.63) is 28.8 Å². The van der Waals surface area contributed by atoms with Gasteiger partial charge in [0.1, 0.15) is 11.9 Å². The molecule has 0 aliphatic carbocycles. The van der Waals surface area contributed by atoms with Crippen LogP contribution in [0.15, 0.2) is 18.2 Å². The van der Waals surface area contributed by atoms with Gasteiger partial charge in [0.25, 0.3) is 0 Å². The molecule has 4 heteroatoms. The molecule has 1 N–H and O–H groups in total. The Bertz CT molecular complexity index is 363. The van der Waals surface area contributed by atoms with Crippen LogP contribution in [0.4, 0.5) is 0 Å². The van der Waals surface area contributed by atoms with E-state index in [1.165, 1.54) is 0 Å². The molecule has 0 heterocycles. The molecular weight excluding hydrogens is 216 g/mol. The molecule has 0 unspecified atom stereocenters. The highest BCUT2D eigenvalue weighted by Gasteiger charge is 2.10. The Labute approximate surface area is 93.6 Å². The molecule has 0 saturated heterocycles. The van der Waals surface area contributed by atoms with Gasteiger partial charge in [0.15, 0.2) is 0 Å². The number of rotatable bonds is 4. The van der Waals surface area contributed by atoms with Crippen LogP contribution in [0.5, 0.6) is 5.75 Å². The smallest absolute Gasteiger partial charge is 0.307 e. The fraction of sp³-hybridized carbons (Fsp3) is 0.364. The van der Waals surface area contributed by atoms with Crippen molar-refractivity contribution in [1.82, 2.24) is 0 Å². The highest BCUT2D eigenvalue weighted by atomic mass is 35.5. The van der Waals surface area contributed by atoms with Crippen molar-refractivity contribution in [2.75, 3.05) is 0 Å². The Morgan fingerprint density at radius 1 is 1.60 bits per heavy atom. The summed E-state index contributed by atoms with van der Waals surface area (Å²) in [4.78, 5) is 10.4. The van der Waals surface area contributed by atoms with E-state index >= 15 is 0 Å². The molecule has 3 nitrogen and oxygen atoms in total. The van der Waals surface area contributed by atoms with Crippen LogP contribution in [-0.4, -0.2) is 17.2 Å². The van der Waals surface area contributed by atoms with Crippen LogP contribution in [0.3, 0.4) is 0 Å². The van der Waals surface area contributed by atoms with E-state index in [0.29, 0.717) is 10.8 Å². The van der Waals surface area contributed by atoms with E-state index in [-0.39, 0.29) is 12.5 Å². The monoisotopic (exact) mass is 228 g/mol. The minimum absolute atomic E-state index is 0.0118. The van der Waals surface area contributed by atoms with Gasteiger partial charge >= 0.3 is 5.97 Å². The first-order valence-corrected chi connectivity index (χ1v) is 5.01. The maximum Gasteiger partial charge on any atom is 0.307 e. The van der Waals surface area contributed by atoms with Gasteiger partial charge < -0.3 is 9.84 Å². The van der Waals surface area contributed by atoms with Gasteiger partial charge in [-0.2, -0.15) is 0 Å². The highest BCUT2D eigenvalue weighted by Crippen LogP contribution is 2.23. The molecule has 0 bridgehead atoms. The number of hydrogen-bond donors (Lipinski definition) is 1. The number of carboxylic acids is 1. The van der Waals surface area contributed by atoms with E-state index in [4.69, 9.17) is 21.4 Å². The molecule has 1 rings (SSSR count). The SMILES string of the molecule is Cc1cc(Cl)ccc1O[C@H](C)CC(=O)O. The van der Waals surface area contributed by atoms with E-state index < -0.39 is 5.97 Å². The largest absolute Gasteiger partial charge is 0.490 e. The molecule has 1 aromatic rings. The lowest BCUT2D eigenvalue weighted by Crippen LogP contribution is -2.17. The lowest BCUT2D eigenvalue weighted by Gasteiger charge is -2.14. The number of benzene rings is 1. The zero-order valence-electron chi connectivity index (χ0n) is 8.66. The summed E-state index contributed by atoms with van der Waals surface area (Å²) in [5, 5.41) is 9.22. The van der Waals surface area contributed by atoms with Crippen molar-refractivity contribution in [2.45, 2.75) is 26.4 Å². The Morgan fingerprint density at radius 3 is 2.80 bits per heavy atom. The Hall–Kier alpha value is -1.22. The van der Waals surface area contributed by atoms with E-state index in [1.54, 1.807) is 25.1 Å². The van der Waals surface area contributed by atoms with Crippen molar-refractivity contribution in [3.8, 4) is 5.75 Å². The van der Waals surface area contributed by atoms with Crippen LogP contribution in [0.1, 0.15) is 18.9 Å². The Kier molecular flexibility index (Phi) is 3.97. The lowest BCUT2D eigenvalue weighted by atomic mass is 10.2. The summed E-state index contributed by atoms with van der Waals surface area (Å²) < 4.78 is 5.47. The van der Waals surface area contributed by atoms with Gasteiger partial charge in [0, 0.05) is 5.02 Å². The molecule has 0 fully saturated rings. The highest BCUT2D eigenvalue weighted by molar-refractivity contribution is 6.30. The van der Waals surface area contributed by atoms with Gasteiger partial charge in [-0.15, -0.1) is 0 Å². The molecule has 0 spiro atoms. The van der Waals surface area contributed by atoms with Crippen molar-refractivity contribution in [3.63, 3.8) is 0 Å². The summed E-state index contributed by atoms with van der Waals surface area (Å²) in [6, 6.07) is 5.25. The summed E-state index contributed by atoms with van der Waals surface area (Å²) in [6.45, 7) is 3.59. The number of hydrogen-bond acceptors (Lipinski definition) is 2. The maximum atomic E-state index is 10.4. The van der Waals surface area contributed by atoms with Gasteiger partial charge in [-0.05, 0) is 37.6 Å². The second-order valence-corrected chi connectivity index (χ2v) is 3.87. The maximum absolute atomic E-state index is 10.4. The topological polar surface area (TPSA) is 46.5 Å². The fourth-order valence-corrected chi connectivity index (χ4v) is 1.48. The Morgan fingerprint density at radius 2 is 2.27 bits per heavy atom. The van der Waals surface area contributed by atoms with Crippen molar-refractivity contribution >= 4 is 17.6 Å². The molecule has 1 atom stereocenters. The number of ether oxygens (including phenoxy) is 1. The van der Waals surface area contributed by atoms with E-state index in [9.17, 15) is 4.79 Å². The third-order valence-electron chi connectivity index (χ3n) is 1.93. The molecule has 15 heavy (non-hydrogen) atoms. The number of aliphatic carboxylic acids is 1. The average molecular weight is 229 g/mol. The van der Waals surface area contributed by atoms with Gasteiger partial charge in [-0.25, -0.2) is 0 Å². The fourth-order valence-electron chi connectivity index (χ4n) is 1.25. The summed E-state index contributed by atoms with van der Waals surface area (Å²) in [6.07, 6.45) is -0.357. The second kappa shape index (κ2) is 5.03. The minimum atomic E-state index is -0.867. The summed E-state index contributed by atoms with van der Waals surface area (Å²) in [7, 11) is 0. The predicted octanol–water partition coefficient (Wildman–Crippen LogP) is 2.89. The number of aryl methyl sites for hydroxylation is 1. The molecular formula is C11H13ClO3. The van der Waals surface area contributed by atoms with Crippen molar-refractivity contribution in [1.29, 1.82) is 0 Å². The first-order valence-electron chi connectivity index (χ1n) is 4.63. The third-order valence-corrected chi connectivity index (χ3v) is 2.16. The van der Waals surface area contributed by atoms with Crippen molar-refractivity contribution < 1.29 is 14.6 Å². The lowest BCUT2D eigenvalue weighted by molar-refractivity contribution is -0.138. The van der Waals surface area contributed by atoms with E-state index in [1.807, 2.05) is 6.92 Å². The van der Waals surface area contributed by atoms with Gasteiger partial charge in [0.05, 0.1) is 6.42 Å². The molecule has 0 aliphatic rings. The normalized spacial score (nSPS) is 12.2. The second-order valence-electron chi connectivity index (χ2n) is 3.44. The molecule has 0 aliphatic heterocycles. The van der Waals surface area contributed by atoms with Crippen molar-refractivity contribution in [2.24, 2.45) is 0 Å². The zero-order chi connectivity index (χ0) is 11.4. The Balaban J connectivity index is 2.68.